The Bertz CT molecular complexity index is 887. The minimum absolute atomic E-state index is 0.110. The Morgan fingerprint density at radius 3 is 2.85 bits per heavy atom. The van der Waals surface area contributed by atoms with E-state index in [1.807, 2.05) is 17.5 Å². The molecule has 3 rings (SSSR count). The summed E-state index contributed by atoms with van der Waals surface area (Å²) < 4.78 is 10.6. The van der Waals surface area contributed by atoms with Gasteiger partial charge in [-0.05, 0) is 30.3 Å². The second-order valence-corrected chi connectivity index (χ2v) is 6.91. The first kappa shape index (κ1) is 18.6. The molecule has 0 unspecified atom stereocenters. The molecule has 0 saturated heterocycles. The van der Waals surface area contributed by atoms with Gasteiger partial charge in [-0.15, -0.1) is 11.3 Å². The van der Waals surface area contributed by atoms with E-state index in [0.29, 0.717) is 21.5 Å². The zero-order chi connectivity index (χ0) is 18.4. The molecule has 2 heterocycles. The van der Waals surface area contributed by atoms with Gasteiger partial charge >= 0.3 is 5.97 Å². The molecule has 0 aliphatic heterocycles. The molecule has 26 heavy (non-hydrogen) atoms. The van der Waals surface area contributed by atoms with Crippen molar-refractivity contribution < 1.29 is 14.3 Å². The summed E-state index contributed by atoms with van der Waals surface area (Å²) in [6, 6.07) is 8.70. The lowest BCUT2D eigenvalue weighted by atomic mass is 10.3. The number of carbonyl (C=O) groups excluding carboxylic acids is 1. The van der Waals surface area contributed by atoms with E-state index in [2.05, 4.69) is 9.97 Å². The average molecular weight is 409 g/mol. The first-order valence-corrected chi connectivity index (χ1v) is 9.33. The average Bonchev–Trinajstić information content (AvgIpc) is 3.09. The summed E-state index contributed by atoms with van der Waals surface area (Å²) in [4.78, 5) is 20.4. The van der Waals surface area contributed by atoms with Gasteiger partial charge in [0, 0.05) is 28.4 Å². The fraction of sp³-hybridized carbons (Fsp3) is 0.167. The number of hydrogen-bond donors (Lipinski definition) is 0. The lowest BCUT2D eigenvalue weighted by Gasteiger charge is -2.08. The Morgan fingerprint density at radius 2 is 2.08 bits per heavy atom. The van der Waals surface area contributed by atoms with Crippen LogP contribution in [0.15, 0.2) is 48.1 Å². The van der Waals surface area contributed by atoms with Crippen LogP contribution in [0.4, 0.5) is 0 Å². The number of esters is 1. The van der Waals surface area contributed by atoms with Crippen LogP contribution in [0, 0.1) is 0 Å². The van der Waals surface area contributed by atoms with Crippen LogP contribution in [-0.4, -0.2) is 29.2 Å². The fourth-order valence-corrected chi connectivity index (χ4v) is 3.38. The van der Waals surface area contributed by atoms with Crippen molar-refractivity contribution in [3.63, 3.8) is 0 Å². The predicted octanol–water partition coefficient (Wildman–Crippen LogP) is 4.68. The molecule has 0 bridgehead atoms. The van der Waals surface area contributed by atoms with Gasteiger partial charge in [0.25, 0.3) is 0 Å². The highest BCUT2D eigenvalue weighted by atomic mass is 35.5. The molecule has 0 N–H and O–H groups in total. The summed E-state index contributed by atoms with van der Waals surface area (Å²) >= 11 is 13.3. The summed E-state index contributed by atoms with van der Waals surface area (Å²) in [6.45, 7) is 0.322. The van der Waals surface area contributed by atoms with Gasteiger partial charge in [-0.2, -0.15) is 0 Å². The number of thiazole rings is 1. The van der Waals surface area contributed by atoms with Crippen LogP contribution in [0.3, 0.4) is 0 Å². The van der Waals surface area contributed by atoms with E-state index in [-0.39, 0.29) is 25.6 Å². The Kier molecular flexibility index (Phi) is 6.44. The number of aromatic nitrogens is 2. The smallest absolute Gasteiger partial charge is 0.312 e. The van der Waals surface area contributed by atoms with Gasteiger partial charge in [-0.3, -0.25) is 9.78 Å². The SMILES string of the molecule is O=C(Cc1csc(-c2cccnc2)n1)OCCOc1ccc(Cl)cc1Cl. The van der Waals surface area contributed by atoms with Crippen molar-refractivity contribution in [2.75, 3.05) is 13.2 Å². The molecular weight excluding hydrogens is 395 g/mol. The zero-order valence-electron chi connectivity index (χ0n) is 13.5. The zero-order valence-corrected chi connectivity index (χ0v) is 15.9. The molecule has 0 aliphatic rings. The molecule has 0 atom stereocenters. The monoisotopic (exact) mass is 408 g/mol. The largest absolute Gasteiger partial charge is 0.488 e. The summed E-state index contributed by atoms with van der Waals surface area (Å²) in [5.41, 5.74) is 1.59. The van der Waals surface area contributed by atoms with Gasteiger partial charge < -0.3 is 9.47 Å². The van der Waals surface area contributed by atoms with Gasteiger partial charge in [0.05, 0.1) is 17.1 Å². The quantitative estimate of drug-likeness (QED) is 0.419. The van der Waals surface area contributed by atoms with Crippen molar-refractivity contribution in [3.05, 3.63) is 63.8 Å². The van der Waals surface area contributed by atoms with Crippen molar-refractivity contribution in [2.24, 2.45) is 0 Å². The maximum Gasteiger partial charge on any atom is 0.312 e. The van der Waals surface area contributed by atoms with E-state index in [0.717, 1.165) is 10.6 Å². The molecule has 134 valence electrons. The molecule has 2 aromatic heterocycles. The highest BCUT2D eigenvalue weighted by molar-refractivity contribution is 7.13. The van der Waals surface area contributed by atoms with E-state index in [4.69, 9.17) is 32.7 Å². The Labute approximate surface area is 164 Å². The third-order valence-corrected chi connectivity index (χ3v) is 4.75. The molecule has 0 aliphatic carbocycles. The summed E-state index contributed by atoms with van der Waals surface area (Å²) in [6.07, 6.45) is 3.55. The standard InChI is InChI=1S/C18H14Cl2N2O3S/c19-13-3-4-16(15(20)8-13)24-6-7-25-17(23)9-14-11-26-18(22-14)12-2-1-5-21-10-12/h1-5,8,10-11H,6-7,9H2. The van der Waals surface area contributed by atoms with Crippen LogP contribution in [0.2, 0.25) is 10.0 Å². The van der Waals surface area contributed by atoms with E-state index >= 15 is 0 Å². The van der Waals surface area contributed by atoms with Gasteiger partial charge in [0.15, 0.2) is 0 Å². The summed E-state index contributed by atoms with van der Waals surface area (Å²) in [5, 5.41) is 3.60. The molecular formula is C18H14Cl2N2O3S. The molecule has 0 radical (unpaired) electrons. The summed E-state index contributed by atoms with van der Waals surface area (Å²) in [5.74, 6) is 0.131. The number of halogens is 2. The number of ether oxygens (including phenoxy) is 2. The van der Waals surface area contributed by atoms with Crippen LogP contribution in [0.25, 0.3) is 10.6 Å². The molecule has 0 amide bonds. The van der Waals surface area contributed by atoms with Crippen molar-refractivity contribution in [2.45, 2.75) is 6.42 Å². The van der Waals surface area contributed by atoms with Crippen LogP contribution < -0.4 is 4.74 Å². The minimum atomic E-state index is -0.362. The van der Waals surface area contributed by atoms with Crippen molar-refractivity contribution >= 4 is 40.5 Å². The Hall–Kier alpha value is -2.15. The van der Waals surface area contributed by atoms with Crippen molar-refractivity contribution in [3.8, 4) is 16.3 Å². The summed E-state index contributed by atoms with van der Waals surface area (Å²) in [7, 11) is 0. The molecule has 5 nitrogen and oxygen atoms in total. The van der Waals surface area contributed by atoms with Crippen LogP contribution in [0.5, 0.6) is 5.75 Å². The van der Waals surface area contributed by atoms with Gasteiger partial charge in [0.1, 0.15) is 24.0 Å². The van der Waals surface area contributed by atoms with Crippen LogP contribution >= 0.6 is 34.5 Å². The number of nitrogens with zero attached hydrogens (tertiary/aromatic N) is 2. The lowest BCUT2D eigenvalue weighted by molar-refractivity contribution is -0.143. The third kappa shape index (κ3) is 5.17. The highest BCUT2D eigenvalue weighted by Gasteiger charge is 2.10. The van der Waals surface area contributed by atoms with E-state index < -0.39 is 0 Å². The van der Waals surface area contributed by atoms with Gasteiger partial charge in [-0.1, -0.05) is 23.2 Å². The molecule has 8 heteroatoms. The van der Waals surface area contributed by atoms with Gasteiger partial charge in [-0.25, -0.2) is 4.98 Å². The first-order chi connectivity index (χ1) is 12.6. The first-order valence-electron chi connectivity index (χ1n) is 7.70. The van der Waals surface area contributed by atoms with E-state index in [9.17, 15) is 4.79 Å². The number of pyridine rings is 1. The number of hydrogen-bond acceptors (Lipinski definition) is 6. The molecule has 0 spiro atoms. The van der Waals surface area contributed by atoms with Crippen LogP contribution in [0.1, 0.15) is 5.69 Å². The second kappa shape index (κ2) is 8.98. The predicted molar refractivity (Wildman–Crippen MR) is 102 cm³/mol. The second-order valence-electron chi connectivity index (χ2n) is 5.21. The van der Waals surface area contributed by atoms with Crippen molar-refractivity contribution in [1.29, 1.82) is 0 Å². The molecule has 0 fully saturated rings. The normalized spacial score (nSPS) is 10.5. The van der Waals surface area contributed by atoms with Crippen LogP contribution in [-0.2, 0) is 16.0 Å². The van der Waals surface area contributed by atoms with Crippen molar-refractivity contribution in [1.82, 2.24) is 9.97 Å². The number of rotatable bonds is 7. The van der Waals surface area contributed by atoms with E-state index in [1.165, 1.54) is 11.3 Å². The molecule has 1 aromatic carbocycles. The maximum atomic E-state index is 11.9. The highest BCUT2D eigenvalue weighted by Crippen LogP contribution is 2.27. The third-order valence-electron chi connectivity index (χ3n) is 3.28. The van der Waals surface area contributed by atoms with E-state index in [1.54, 1.807) is 30.6 Å². The molecule has 0 saturated carbocycles. The molecule has 3 aromatic rings. The Morgan fingerprint density at radius 1 is 1.19 bits per heavy atom. The Balaban J connectivity index is 1.44. The number of carbonyl (C=O) groups is 1. The fourth-order valence-electron chi connectivity index (χ4n) is 2.11. The number of benzene rings is 1. The topological polar surface area (TPSA) is 61.3 Å². The van der Waals surface area contributed by atoms with Gasteiger partial charge in [0.2, 0.25) is 0 Å². The maximum absolute atomic E-state index is 11.9. The lowest BCUT2D eigenvalue weighted by Crippen LogP contribution is -2.14. The minimum Gasteiger partial charge on any atom is -0.488 e.